The van der Waals surface area contributed by atoms with Crippen molar-refractivity contribution in [3.63, 3.8) is 0 Å². The van der Waals surface area contributed by atoms with Crippen molar-refractivity contribution in [1.82, 2.24) is 14.6 Å². The van der Waals surface area contributed by atoms with Crippen molar-refractivity contribution in [3.05, 3.63) is 59.5 Å². The maximum atomic E-state index is 12.1. The van der Waals surface area contributed by atoms with Crippen LogP contribution in [0.15, 0.2) is 42.7 Å². The van der Waals surface area contributed by atoms with Gasteiger partial charge >= 0.3 is 0 Å². The van der Waals surface area contributed by atoms with Gasteiger partial charge in [0.25, 0.3) is 5.91 Å². The minimum absolute atomic E-state index is 0.260. The second-order valence-electron chi connectivity index (χ2n) is 4.57. The van der Waals surface area contributed by atoms with E-state index in [1.807, 2.05) is 19.1 Å². The van der Waals surface area contributed by atoms with E-state index in [4.69, 9.17) is 5.26 Å². The monoisotopic (exact) mass is 277 g/mol. The van der Waals surface area contributed by atoms with Crippen LogP contribution in [0.4, 0.5) is 5.69 Å². The number of carbonyl (C=O) groups is 1. The summed E-state index contributed by atoms with van der Waals surface area (Å²) < 4.78 is 1.61. The van der Waals surface area contributed by atoms with Crippen LogP contribution in [-0.4, -0.2) is 20.5 Å². The molecule has 0 fully saturated rings. The number of amides is 1. The van der Waals surface area contributed by atoms with Crippen LogP contribution in [0.3, 0.4) is 0 Å². The quantitative estimate of drug-likeness (QED) is 0.778. The molecule has 0 saturated heterocycles. The lowest BCUT2D eigenvalue weighted by molar-refractivity contribution is 0.102. The molecule has 0 radical (unpaired) electrons. The molecule has 0 aliphatic rings. The van der Waals surface area contributed by atoms with E-state index in [0.29, 0.717) is 16.8 Å². The van der Waals surface area contributed by atoms with Crippen LogP contribution in [0, 0.1) is 18.3 Å². The number of benzene rings is 1. The Kier molecular flexibility index (Phi) is 3.09. The van der Waals surface area contributed by atoms with Gasteiger partial charge in [0.15, 0.2) is 5.65 Å². The molecule has 0 aliphatic heterocycles. The van der Waals surface area contributed by atoms with Gasteiger partial charge in [0.1, 0.15) is 0 Å². The Morgan fingerprint density at radius 1 is 1.33 bits per heavy atom. The van der Waals surface area contributed by atoms with Gasteiger partial charge in [-0.25, -0.2) is 9.50 Å². The number of nitriles is 1. The van der Waals surface area contributed by atoms with E-state index in [2.05, 4.69) is 15.4 Å². The van der Waals surface area contributed by atoms with Crippen molar-refractivity contribution < 1.29 is 4.79 Å². The fourth-order valence-corrected chi connectivity index (χ4v) is 1.96. The van der Waals surface area contributed by atoms with Gasteiger partial charge < -0.3 is 5.32 Å². The summed E-state index contributed by atoms with van der Waals surface area (Å²) in [7, 11) is 0. The Hall–Kier alpha value is -3.20. The summed E-state index contributed by atoms with van der Waals surface area (Å²) in [6, 6.07) is 10.3. The lowest BCUT2D eigenvalue weighted by Crippen LogP contribution is -2.12. The van der Waals surface area contributed by atoms with Crippen LogP contribution in [0.5, 0.6) is 0 Å². The molecule has 6 nitrogen and oxygen atoms in total. The average Bonchev–Trinajstić information content (AvgIpc) is 2.86. The predicted molar refractivity (Wildman–Crippen MR) is 76.8 cm³/mol. The number of anilines is 1. The molecular weight excluding hydrogens is 266 g/mol. The van der Waals surface area contributed by atoms with Crippen molar-refractivity contribution in [2.45, 2.75) is 6.92 Å². The van der Waals surface area contributed by atoms with Gasteiger partial charge in [-0.2, -0.15) is 10.4 Å². The van der Waals surface area contributed by atoms with Crippen LogP contribution < -0.4 is 5.32 Å². The van der Waals surface area contributed by atoms with Gasteiger partial charge in [0.2, 0.25) is 0 Å². The molecule has 3 rings (SSSR count). The maximum Gasteiger partial charge on any atom is 0.255 e. The van der Waals surface area contributed by atoms with E-state index in [1.165, 1.54) is 0 Å². The van der Waals surface area contributed by atoms with Crippen molar-refractivity contribution in [2.75, 3.05) is 5.32 Å². The summed E-state index contributed by atoms with van der Waals surface area (Å²) in [5, 5.41) is 15.7. The maximum absolute atomic E-state index is 12.1. The summed E-state index contributed by atoms with van der Waals surface area (Å²) in [4.78, 5) is 16.3. The summed E-state index contributed by atoms with van der Waals surface area (Å²) >= 11 is 0. The number of hydrogen-bond acceptors (Lipinski definition) is 4. The lowest BCUT2D eigenvalue weighted by Gasteiger charge is -2.05. The second kappa shape index (κ2) is 5.06. The van der Waals surface area contributed by atoms with Gasteiger partial charge in [0.05, 0.1) is 35.4 Å². The number of nitrogens with zero attached hydrogens (tertiary/aromatic N) is 4. The zero-order chi connectivity index (χ0) is 14.8. The lowest BCUT2D eigenvalue weighted by atomic mass is 10.1. The Morgan fingerprint density at radius 3 is 2.81 bits per heavy atom. The Labute approximate surface area is 120 Å². The largest absolute Gasteiger partial charge is 0.319 e. The fraction of sp³-hybridized carbons (Fsp3) is 0.0667. The molecule has 1 aromatic carbocycles. The first-order valence-corrected chi connectivity index (χ1v) is 6.29. The fourth-order valence-electron chi connectivity index (χ4n) is 1.96. The number of aryl methyl sites for hydroxylation is 1. The molecule has 0 unspecified atom stereocenters. The van der Waals surface area contributed by atoms with E-state index in [9.17, 15) is 4.79 Å². The molecule has 6 heteroatoms. The highest BCUT2D eigenvalue weighted by Crippen LogP contribution is 2.11. The molecule has 3 aromatic rings. The number of nitrogens with one attached hydrogen (secondary N) is 1. The number of rotatable bonds is 2. The molecule has 1 N–H and O–H groups in total. The summed E-state index contributed by atoms with van der Waals surface area (Å²) in [6.07, 6.45) is 3.29. The van der Waals surface area contributed by atoms with Gasteiger partial charge in [0, 0.05) is 11.6 Å². The van der Waals surface area contributed by atoms with Gasteiger partial charge in [-0.05, 0) is 31.2 Å². The van der Waals surface area contributed by atoms with Crippen LogP contribution in [0.1, 0.15) is 21.6 Å². The molecule has 2 heterocycles. The minimum atomic E-state index is -0.260. The number of hydrogen-bond donors (Lipinski definition) is 1. The minimum Gasteiger partial charge on any atom is -0.319 e. The first-order valence-electron chi connectivity index (χ1n) is 6.29. The summed E-state index contributed by atoms with van der Waals surface area (Å²) in [5.74, 6) is -0.260. The van der Waals surface area contributed by atoms with Crippen LogP contribution in [0.2, 0.25) is 0 Å². The molecular formula is C15H11N5O. The Bertz CT molecular complexity index is 858. The van der Waals surface area contributed by atoms with E-state index in [1.54, 1.807) is 41.2 Å². The van der Waals surface area contributed by atoms with Crippen LogP contribution in [-0.2, 0) is 0 Å². The van der Waals surface area contributed by atoms with Crippen molar-refractivity contribution in [3.8, 4) is 6.07 Å². The van der Waals surface area contributed by atoms with Crippen LogP contribution >= 0.6 is 0 Å². The molecule has 0 aliphatic carbocycles. The SMILES string of the molecule is Cc1cc2ncc(NC(=O)c3ccc(C#N)cc3)cn2n1. The zero-order valence-corrected chi connectivity index (χ0v) is 11.2. The summed E-state index contributed by atoms with van der Waals surface area (Å²) in [6.45, 7) is 1.88. The van der Waals surface area contributed by atoms with Crippen molar-refractivity contribution >= 4 is 17.2 Å². The smallest absolute Gasteiger partial charge is 0.255 e. The Morgan fingerprint density at radius 2 is 2.10 bits per heavy atom. The summed E-state index contributed by atoms with van der Waals surface area (Å²) in [5.41, 5.74) is 3.13. The molecule has 0 spiro atoms. The molecule has 1 amide bonds. The van der Waals surface area contributed by atoms with E-state index in [0.717, 1.165) is 11.3 Å². The molecule has 21 heavy (non-hydrogen) atoms. The number of fused-ring (bicyclic) bond motifs is 1. The van der Waals surface area contributed by atoms with Crippen molar-refractivity contribution in [2.24, 2.45) is 0 Å². The molecule has 0 saturated carbocycles. The first kappa shape index (κ1) is 12.8. The molecule has 2 aromatic heterocycles. The van der Waals surface area contributed by atoms with Crippen LogP contribution in [0.25, 0.3) is 5.65 Å². The molecule has 0 atom stereocenters. The average molecular weight is 277 g/mol. The zero-order valence-electron chi connectivity index (χ0n) is 11.2. The van der Waals surface area contributed by atoms with Crippen molar-refractivity contribution in [1.29, 1.82) is 5.26 Å². The third-order valence-electron chi connectivity index (χ3n) is 2.97. The third-order valence-corrected chi connectivity index (χ3v) is 2.97. The molecule has 102 valence electrons. The number of carbonyl (C=O) groups excluding carboxylic acids is 1. The van der Waals surface area contributed by atoms with E-state index in [-0.39, 0.29) is 5.91 Å². The van der Waals surface area contributed by atoms with Gasteiger partial charge in [-0.1, -0.05) is 0 Å². The predicted octanol–water partition coefficient (Wildman–Crippen LogP) is 2.16. The second-order valence-corrected chi connectivity index (χ2v) is 4.57. The number of aromatic nitrogens is 3. The standard InChI is InChI=1S/C15H11N5O/c1-10-6-14-17-8-13(9-20(14)19-10)18-15(21)12-4-2-11(7-16)3-5-12/h2-6,8-9H,1H3,(H,18,21). The molecule has 0 bridgehead atoms. The first-order chi connectivity index (χ1) is 10.2. The third kappa shape index (κ3) is 2.58. The normalized spacial score (nSPS) is 10.3. The highest BCUT2D eigenvalue weighted by atomic mass is 16.1. The highest BCUT2D eigenvalue weighted by molar-refractivity contribution is 6.04. The van der Waals surface area contributed by atoms with E-state index < -0.39 is 0 Å². The Balaban J connectivity index is 1.83. The highest BCUT2D eigenvalue weighted by Gasteiger charge is 2.07. The topological polar surface area (TPSA) is 83.1 Å². The van der Waals surface area contributed by atoms with Gasteiger partial charge in [-0.3, -0.25) is 4.79 Å². The van der Waals surface area contributed by atoms with E-state index >= 15 is 0 Å². The van der Waals surface area contributed by atoms with Gasteiger partial charge in [-0.15, -0.1) is 0 Å².